The van der Waals surface area contributed by atoms with Gasteiger partial charge in [0.1, 0.15) is 6.61 Å². The van der Waals surface area contributed by atoms with E-state index in [1.165, 1.54) is 63.0 Å². The standard InChI is InChI=1S/C27H34O2/c1-2-3-5-8-22-11-16-25(17-12-22)26-18-13-23(14-19-26)15-20-27(28)29-21-24-9-6-4-7-10-24/h4,6-7,9-10,13-15,18-20,22,25H,2-3,5,8,11-12,16-17,21H2,1H3. The second-order valence-electron chi connectivity index (χ2n) is 8.31. The van der Waals surface area contributed by atoms with Crippen molar-refractivity contribution in [3.05, 3.63) is 77.4 Å². The molecule has 0 radical (unpaired) electrons. The lowest BCUT2D eigenvalue weighted by atomic mass is 9.77. The zero-order valence-electron chi connectivity index (χ0n) is 17.7. The van der Waals surface area contributed by atoms with Crippen LogP contribution in [0.5, 0.6) is 0 Å². The van der Waals surface area contributed by atoms with Crippen molar-refractivity contribution in [3.8, 4) is 0 Å². The van der Waals surface area contributed by atoms with Gasteiger partial charge in [-0.05, 0) is 60.3 Å². The van der Waals surface area contributed by atoms with Crippen LogP contribution < -0.4 is 0 Å². The highest BCUT2D eigenvalue weighted by molar-refractivity contribution is 5.87. The average molecular weight is 391 g/mol. The van der Waals surface area contributed by atoms with Crippen molar-refractivity contribution >= 4 is 12.0 Å². The first-order valence-corrected chi connectivity index (χ1v) is 11.2. The predicted octanol–water partition coefficient (Wildman–Crippen LogP) is 7.30. The minimum absolute atomic E-state index is 0.306. The maximum atomic E-state index is 11.9. The van der Waals surface area contributed by atoms with Crippen molar-refractivity contribution in [1.29, 1.82) is 0 Å². The van der Waals surface area contributed by atoms with Gasteiger partial charge in [0, 0.05) is 6.08 Å². The molecule has 2 heteroatoms. The molecule has 0 bridgehead atoms. The van der Waals surface area contributed by atoms with Gasteiger partial charge in [0.15, 0.2) is 0 Å². The SMILES string of the molecule is CCCCCC1CCC(c2ccc(C=CC(=O)OCc3ccccc3)cc2)CC1. The molecule has 1 fully saturated rings. The summed E-state index contributed by atoms with van der Waals surface area (Å²) in [5, 5.41) is 0. The molecular formula is C27H34O2. The average Bonchev–Trinajstić information content (AvgIpc) is 2.78. The first kappa shape index (κ1) is 21.4. The number of benzene rings is 2. The molecule has 1 aliphatic carbocycles. The molecule has 2 aromatic rings. The molecule has 154 valence electrons. The highest BCUT2D eigenvalue weighted by atomic mass is 16.5. The molecule has 2 nitrogen and oxygen atoms in total. The van der Waals surface area contributed by atoms with Gasteiger partial charge in [0.05, 0.1) is 0 Å². The molecule has 1 saturated carbocycles. The molecule has 0 aromatic heterocycles. The lowest BCUT2D eigenvalue weighted by Gasteiger charge is -2.29. The fourth-order valence-corrected chi connectivity index (χ4v) is 4.29. The minimum Gasteiger partial charge on any atom is -0.458 e. The van der Waals surface area contributed by atoms with Crippen LogP contribution in [0.1, 0.15) is 80.9 Å². The topological polar surface area (TPSA) is 26.3 Å². The summed E-state index contributed by atoms with van der Waals surface area (Å²) in [5.41, 5.74) is 3.48. The van der Waals surface area contributed by atoms with Crippen molar-refractivity contribution in [2.75, 3.05) is 0 Å². The van der Waals surface area contributed by atoms with E-state index in [0.29, 0.717) is 12.5 Å². The van der Waals surface area contributed by atoms with E-state index in [1.54, 1.807) is 0 Å². The Bertz CT molecular complexity index is 753. The maximum Gasteiger partial charge on any atom is 0.331 e. The predicted molar refractivity (Wildman–Crippen MR) is 121 cm³/mol. The first-order chi connectivity index (χ1) is 14.2. The molecule has 3 rings (SSSR count). The fraction of sp³-hybridized carbons (Fsp3) is 0.444. The third-order valence-electron chi connectivity index (χ3n) is 6.11. The van der Waals surface area contributed by atoms with Gasteiger partial charge in [0.25, 0.3) is 0 Å². The lowest BCUT2D eigenvalue weighted by Crippen LogP contribution is -2.13. The number of ether oxygens (including phenoxy) is 1. The van der Waals surface area contributed by atoms with E-state index < -0.39 is 0 Å². The van der Waals surface area contributed by atoms with Crippen LogP contribution in [0.15, 0.2) is 60.7 Å². The summed E-state index contributed by atoms with van der Waals surface area (Å²) < 4.78 is 5.29. The summed E-state index contributed by atoms with van der Waals surface area (Å²) in [7, 11) is 0. The second kappa shape index (κ2) is 11.6. The van der Waals surface area contributed by atoms with Crippen LogP contribution >= 0.6 is 0 Å². The van der Waals surface area contributed by atoms with Gasteiger partial charge < -0.3 is 4.74 Å². The number of hydrogen-bond acceptors (Lipinski definition) is 2. The Labute approximate surface area is 176 Å². The van der Waals surface area contributed by atoms with E-state index >= 15 is 0 Å². The molecule has 2 aromatic carbocycles. The summed E-state index contributed by atoms with van der Waals surface area (Å²) in [4.78, 5) is 11.9. The number of rotatable bonds is 9. The molecular weight excluding hydrogens is 356 g/mol. The zero-order valence-corrected chi connectivity index (χ0v) is 17.7. The number of unbranched alkanes of at least 4 members (excludes halogenated alkanes) is 2. The Morgan fingerprint density at radius 3 is 2.38 bits per heavy atom. The van der Waals surface area contributed by atoms with Crippen LogP contribution in [0, 0.1) is 5.92 Å². The van der Waals surface area contributed by atoms with E-state index in [2.05, 4.69) is 31.2 Å². The highest BCUT2D eigenvalue weighted by Gasteiger charge is 2.21. The van der Waals surface area contributed by atoms with Gasteiger partial charge in [-0.2, -0.15) is 0 Å². The van der Waals surface area contributed by atoms with Gasteiger partial charge in [-0.3, -0.25) is 0 Å². The van der Waals surface area contributed by atoms with Crippen LogP contribution in [0.2, 0.25) is 0 Å². The van der Waals surface area contributed by atoms with E-state index in [0.717, 1.165) is 17.0 Å². The molecule has 0 amide bonds. The minimum atomic E-state index is -0.306. The number of esters is 1. The Balaban J connectivity index is 1.43. The van der Waals surface area contributed by atoms with Crippen molar-refractivity contribution in [2.45, 2.75) is 70.8 Å². The largest absolute Gasteiger partial charge is 0.458 e. The van der Waals surface area contributed by atoms with E-state index in [-0.39, 0.29) is 5.97 Å². The Morgan fingerprint density at radius 1 is 0.966 bits per heavy atom. The Kier molecular flexibility index (Phi) is 8.55. The molecule has 0 aliphatic heterocycles. The summed E-state index contributed by atoms with van der Waals surface area (Å²) in [6.45, 7) is 2.59. The monoisotopic (exact) mass is 390 g/mol. The molecule has 0 saturated heterocycles. The van der Waals surface area contributed by atoms with Crippen LogP contribution in [0.25, 0.3) is 6.08 Å². The normalized spacial score (nSPS) is 19.3. The summed E-state index contributed by atoms with van der Waals surface area (Å²) in [6, 6.07) is 18.4. The summed E-state index contributed by atoms with van der Waals surface area (Å²) in [6.07, 6.45) is 14.3. The molecule has 1 aliphatic rings. The lowest BCUT2D eigenvalue weighted by molar-refractivity contribution is -0.138. The fourth-order valence-electron chi connectivity index (χ4n) is 4.29. The third-order valence-corrected chi connectivity index (χ3v) is 6.11. The number of carbonyl (C=O) groups is 1. The Hall–Kier alpha value is -2.35. The van der Waals surface area contributed by atoms with Crippen LogP contribution in [-0.4, -0.2) is 5.97 Å². The molecule has 0 spiro atoms. The van der Waals surface area contributed by atoms with Crippen molar-refractivity contribution < 1.29 is 9.53 Å². The van der Waals surface area contributed by atoms with Crippen LogP contribution in [-0.2, 0) is 16.1 Å². The summed E-state index contributed by atoms with van der Waals surface area (Å²) >= 11 is 0. The molecule has 29 heavy (non-hydrogen) atoms. The van der Waals surface area contributed by atoms with Crippen LogP contribution in [0.4, 0.5) is 0 Å². The second-order valence-corrected chi connectivity index (χ2v) is 8.31. The van der Waals surface area contributed by atoms with Crippen LogP contribution in [0.3, 0.4) is 0 Å². The quantitative estimate of drug-likeness (QED) is 0.255. The molecule has 0 unspecified atom stereocenters. The van der Waals surface area contributed by atoms with E-state index in [9.17, 15) is 4.79 Å². The molecule has 0 N–H and O–H groups in total. The summed E-state index contributed by atoms with van der Waals surface area (Å²) in [5.74, 6) is 1.34. The zero-order chi connectivity index (χ0) is 20.3. The van der Waals surface area contributed by atoms with Crippen molar-refractivity contribution in [3.63, 3.8) is 0 Å². The molecule has 0 heterocycles. The van der Waals surface area contributed by atoms with Gasteiger partial charge in [-0.15, -0.1) is 0 Å². The van der Waals surface area contributed by atoms with Gasteiger partial charge in [-0.25, -0.2) is 4.79 Å². The number of hydrogen-bond donors (Lipinski definition) is 0. The smallest absolute Gasteiger partial charge is 0.331 e. The molecule has 0 atom stereocenters. The van der Waals surface area contributed by atoms with E-state index in [1.807, 2.05) is 36.4 Å². The first-order valence-electron chi connectivity index (χ1n) is 11.2. The third kappa shape index (κ3) is 7.20. The van der Waals surface area contributed by atoms with Gasteiger partial charge in [-0.1, -0.05) is 87.2 Å². The van der Waals surface area contributed by atoms with Gasteiger partial charge >= 0.3 is 5.97 Å². The Morgan fingerprint density at radius 2 is 1.69 bits per heavy atom. The number of carbonyl (C=O) groups excluding carboxylic acids is 1. The highest BCUT2D eigenvalue weighted by Crippen LogP contribution is 2.37. The van der Waals surface area contributed by atoms with Crippen molar-refractivity contribution in [2.24, 2.45) is 5.92 Å². The van der Waals surface area contributed by atoms with E-state index in [4.69, 9.17) is 4.74 Å². The van der Waals surface area contributed by atoms with Crippen molar-refractivity contribution in [1.82, 2.24) is 0 Å². The van der Waals surface area contributed by atoms with Gasteiger partial charge in [0.2, 0.25) is 0 Å². The maximum absolute atomic E-state index is 11.9.